The van der Waals surface area contributed by atoms with Crippen molar-refractivity contribution in [1.82, 2.24) is 4.98 Å². The standard InChI is InChI=1S/C18H22N2O3/c1-4-14-11-15(19-3)16(18(21)22-5-2)20-17(14)23-12-13-9-7-6-8-10-13/h6-11,19H,4-5,12H2,1-3H3. The molecule has 23 heavy (non-hydrogen) atoms. The maximum atomic E-state index is 12.1. The summed E-state index contributed by atoms with van der Waals surface area (Å²) in [5.41, 5.74) is 2.88. The number of nitrogens with zero attached hydrogens (tertiary/aromatic N) is 1. The minimum Gasteiger partial charge on any atom is -0.473 e. The Labute approximate surface area is 136 Å². The van der Waals surface area contributed by atoms with Crippen molar-refractivity contribution >= 4 is 11.7 Å². The second kappa shape index (κ2) is 8.17. The van der Waals surface area contributed by atoms with Gasteiger partial charge in [0.15, 0.2) is 5.69 Å². The molecule has 0 saturated carbocycles. The number of nitrogens with one attached hydrogen (secondary N) is 1. The third-order valence-electron chi connectivity index (χ3n) is 3.40. The Morgan fingerprint density at radius 2 is 1.96 bits per heavy atom. The van der Waals surface area contributed by atoms with Gasteiger partial charge in [-0.3, -0.25) is 0 Å². The number of hydrogen-bond acceptors (Lipinski definition) is 5. The smallest absolute Gasteiger partial charge is 0.359 e. The molecule has 0 bridgehead atoms. The summed E-state index contributed by atoms with van der Waals surface area (Å²) >= 11 is 0. The van der Waals surface area contributed by atoms with Crippen LogP contribution in [0.25, 0.3) is 0 Å². The van der Waals surface area contributed by atoms with Gasteiger partial charge in [0.25, 0.3) is 0 Å². The number of anilines is 1. The van der Waals surface area contributed by atoms with Crippen LogP contribution in [-0.4, -0.2) is 24.6 Å². The highest BCUT2D eigenvalue weighted by molar-refractivity contribution is 5.93. The maximum absolute atomic E-state index is 12.1. The summed E-state index contributed by atoms with van der Waals surface area (Å²) in [6, 6.07) is 11.7. The highest BCUT2D eigenvalue weighted by Gasteiger charge is 2.18. The van der Waals surface area contributed by atoms with Crippen LogP contribution in [-0.2, 0) is 17.8 Å². The first-order chi connectivity index (χ1) is 11.2. The van der Waals surface area contributed by atoms with Gasteiger partial charge in [-0.2, -0.15) is 0 Å². The number of hydrogen-bond donors (Lipinski definition) is 1. The molecule has 0 aliphatic carbocycles. The molecule has 0 amide bonds. The summed E-state index contributed by atoms with van der Waals surface area (Å²) in [6.45, 7) is 4.50. The van der Waals surface area contributed by atoms with E-state index in [1.54, 1.807) is 14.0 Å². The first-order valence-electron chi connectivity index (χ1n) is 7.75. The molecule has 0 aliphatic heterocycles. The monoisotopic (exact) mass is 314 g/mol. The van der Waals surface area contributed by atoms with Crippen molar-refractivity contribution in [1.29, 1.82) is 0 Å². The lowest BCUT2D eigenvalue weighted by Gasteiger charge is -2.14. The molecule has 1 aromatic carbocycles. The van der Waals surface area contributed by atoms with Crippen LogP contribution in [0.15, 0.2) is 36.4 Å². The molecule has 0 unspecified atom stereocenters. The van der Waals surface area contributed by atoms with E-state index in [2.05, 4.69) is 10.3 Å². The molecule has 122 valence electrons. The molecule has 1 N–H and O–H groups in total. The topological polar surface area (TPSA) is 60.5 Å². The van der Waals surface area contributed by atoms with Crippen LogP contribution in [0, 0.1) is 0 Å². The van der Waals surface area contributed by atoms with Crippen LogP contribution in [0.3, 0.4) is 0 Å². The quantitative estimate of drug-likeness (QED) is 0.793. The lowest BCUT2D eigenvalue weighted by Crippen LogP contribution is -2.13. The lowest BCUT2D eigenvalue weighted by molar-refractivity contribution is 0.0519. The van der Waals surface area contributed by atoms with E-state index in [-0.39, 0.29) is 5.69 Å². The van der Waals surface area contributed by atoms with E-state index in [4.69, 9.17) is 9.47 Å². The average Bonchev–Trinajstić information content (AvgIpc) is 2.60. The number of aryl methyl sites for hydroxylation is 1. The molecule has 1 aromatic heterocycles. The van der Waals surface area contributed by atoms with Crippen LogP contribution < -0.4 is 10.1 Å². The van der Waals surface area contributed by atoms with Crippen molar-refractivity contribution < 1.29 is 14.3 Å². The van der Waals surface area contributed by atoms with Crippen LogP contribution in [0.4, 0.5) is 5.69 Å². The van der Waals surface area contributed by atoms with E-state index in [1.807, 2.05) is 43.3 Å². The van der Waals surface area contributed by atoms with E-state index in [1.165, 1.54) is 0 Å². The predicted octanol–water partition coefficient (Wildman–Crippen LogP) is 3.44. The average molecular weight is 314 g/mol. The van der Waals surface area contributed by atoms with Gasteiger partial charge in [-0.1, -0.05) is 37.3 Å². The molecule has 0 saturated heterocycles. The van der Waals surface area contributed by atoms with Gasteiger partial charge in [0.05, 0.1) is 12.3 Å². The number of carbonyl (C=O) groups excluding carboxylic acids is 1. The van der Waals surface area contributed by atoms with E-state index >= 15 is 0 Å². The molecule has 0 radical (unpaired) electrons. The van der Waals surface area contributed by atoms with Gasteiger partial charge in [-0.15, -0.1) is 0 Å². The van der Waals surface area contributed by atoms with Crippen LogP contribution in [0.1, 0.15) is 35.5 Å². The van der Waals surface area contributed by atoms with E-state index in [0.29, 0.717) is 24.8 Å². The van der Waals surface area contributed by atoms with Gasteiger partial charge in [-0.05, 0) is 25.0 Å². The van der Waals surface area contributed by atoms with E-state index in [9.17, 15) is 4.79 Å². The molecular formula is C18H22N2O3. The minimum absolute atomic E-state index is 0.245. The number of ether oxygens (including phenoxy) is 2. The fraction of sp³-hybridized carbons (Fsp3) is 0.333. The highest BCUT2D eigenvalue weighted by Crippen LogP contribution is 2.25. The summed E-state index contributed by atoms with van der Waals surface area (Å²) in [5, 5.41) is 2.99. The molecule has 2 rings (SSSR count). The summed E-state index contributed by atoms with van der Waals surface area (Å²) in [5.74, 6) is 0.0162. The molecule has 0 atom stereocenters. The molecule has 5 heteroatoms. The molecule has 2 aromatic rings. The largest absolute Gasteiger partial charge is 0.473 e. The van der Waals surface area contributed by atoms with Gasteiger partial charge in [0.1, 0.15) is 6.61 Å². The van der Waals surface area contributed by atoms with E-state index in [0.717, 1.165) is 17.5 Å². The Bertz CT molecular complexity index is 657. The number of pyridine rings is 1. The first-order valence-corrected chi connectivity index (χ1v) is 7.75. The third-order valence-corrected chi connectivity index (χ3v) is 3.40. The Morgan fingerprint density at radius 3 is 2.57 bits per heavy atom. The fourth-order valence-corrected chi connectivity index (χ4v) is 2.19. The summed E-state index contributed by atoms with van der Waals surface area (Å²) in [4.78, 5) is 16.5. The minimum atomic E-state index is -0.455. The van der Waals surface area contributed by atoms with Gasteiger partial charge in [0.2, 0.25) is 5.88 Å². The van der Waals surface area contributed by atoms with Crippen LogP contribution >= 0.6 is 0 Å². The summed E-state index contributed by atoms with van der Waals surface area (Å²) in [7, 11) is 1.75. The zero-order chi connectivity index (χ0) is 16.7. The van der Waals surface area contributed by atoms with Gasteiger partial charge >= 0.3 is 5.97 Å². The predicted molar refractivity (Wildman–Crippen MR) is 89.9 cm³/mol. The van der Waals surface area contributed by atoms with Crippen LogP contribution in [0.5, 0.6) is 5.88 Å². The number of carbonyl (C=O) groups is 1. The van der Waals surface area contributed by atoms with Crippen molar-refractivity contribution in [3.8, 4) is 5.88 Å². The Balaban J connectivity index is 2.29. The zero-order valence-electron chi connectivity index (χ0n) is 13.8. The van der Waals surface area contributed by atoms with Crippen molar-refractivity contribution in [2.24, 2.45) is 0 Å². The van der Waals surface area contributed by atoms with Crippen molar-refractivity contribution in [2.75, 3.05) is 19.0 Å². The lowest BCUT2D eigenvalue weighted by atomic mass is 10.1. The molecule has 0 fully saturated rings. The van der Waals surface area contributed by atoms with Crippen LogP contribution in [0.2, 0.25) is 0 Å². The SMILES string of the molecule is CCOC(=O)c1nc(OCc2ccccc2)c(CC)cc1NC. The Hall–Kier alpha value is -2.56. The molecule has 1 heterocycles. The summed E-state index contributed by atoms with van der Waals surface area (Å²) < 4.78 is 10.9. The third kappa shape index (κ3) is 4.22. The van der Waals surface area contributed by atoms with Crippen molar-refractivity contribution in [3.05, 3.63) is 53.2 Å². The fourth-order valence-electron chi connectivity index (χ4n) is 2.19. The molecular weight excluding hydrogens is 292 g/mol. The molecule has 0 spiro atoms. The highest BCUT2D eigenvalue weighted by atomic mass is 16.5. The van der Waals surface area contributed by atoms with E-state index < -0.39 is 5.97 Å². The molecule has 5 nitrogen and oxygen atoms in total. The second-order valence-electron chi connectivity index (χ2n) is 4.95. The number of rotatable bonds is 7. The van der Waals surface area contributed by atoms with Gasteiger partial charge in [0, 0.05) is 12.6 Å². The van der Waals surface area contributed by atoms with Gasteiger partial charge < -0.3 is 14.8 Å². The number of esters is 1. The number of aromatic nitrogens is 1. The maximum Gasteiger partial charge on any atom is 0.359 e. The molecule has 0 aliphatic rings. The van der Waals surface area contributed by atoms with Gasteiger partial charge in [-0.25, -0.2) is 9.78 Å². The Morgan fingerprint density at radius 1 is 1.22 bits per heavy atom. The van der Waals surface area contributed by atoms with Crippen molar-refractivity contribution in [3.63, 3.8) is 0 Å². The van der Waals surface area contributed by atoms with Crippen molar-refractivity contribution in [2.45, 2.75) is 26.9 Å². The second-order valence-corrected chi connectivity index (χ2v) is 4.95. The Kier molecular flexibility index (Phi) is 5.97. The first kappa shape index (κ1) is 16.8. The normalized spacial score (nSPS) is 10.2. The zero-order valence-corrected chi connectivity index (χ0v) is 13.8. The number of benzene rings is 1. The summed E-state index contributed by atoms with van der Waals surface area (Å²) in [6.07, 6.45) is 0.759.